The van der Waals surface area contributed by atoms with Gasteiger partial charge in [-0.25, -0.2) is 9.50 Å². The van der Waals surface area contributed by atoms with E-state index < -0.39 is 17.9 Å². The van der Waals surface area contributed by atoms with Gasteiger partial charge in [-0.05, 0) is 19.1 Å². The highest BCUT2D eigenvalue weighted by Gasteiger charge is 2.36. The maximum absolute atomic E-state index is 13.2. The number of fused-ring (bicyclic) bond motifs is 2. The van der Waals surface area contributed by atoms with E-state index in [4.69, 9.17) is 0 Å². The number of carbonyl (C=O) groups is 1. The lowest BCUT2D eigenvalue weighted by molar-refractivity contribution is -0.144. The Hall–Kier alpha value is -4.34. The summed E-state index contributed by atoms with van der Waals surface area (Å²) in [6.45, 7) is 1.55. The van der Waals surface area contributed by atoms with E-state index in [1.165, 1.54) is 6.07 Å². The first-order chi connectivity index (χ1) is 15.8. The van der Waals surface area contributed by atoms with Crippen molar-refractivity contribution >= 4 is 28.4 Å². The number of para-hydroxylation sites is 1. The van der Waals surface area contributed by atoms with E-state index in [2.05, 4.69) is 25.4 Å². The number of hydrogen-bond donors (Lipinski definition) is 1. The van der Waals surface area contributed by atoms with Crippen LogP contribution in [0.3, 0.4) is 0 Å². The van der Waals surface area contributed by atoms with Gasteiger partial charge in [0.15, 0.2) is 0 Å². The van der Waals surface area contributed by atoms with Crippen LogP contribution in [0.4, 0.5) is 19.0 Å². The van der Waals surface area contributed by atoms with Crippen LogP contribution in [0, 0.1) is 6.92 Å². The number of pyridine rings is 1. The van der Waals surface area contributed by atoms with Crippen LogP contribution >= 0.6 is 0 Å². The summed E-state index contributed by atoms with van der Waals surface area (Å²) in [5.41, 5.74) is 2.79. The summed E-state index contributed by atoms with van der Waals surface area (Å²) in [4.78, 5) is 25.4. The van der Waals surface area contributed by atoms with Crippen molar-refractivity contribution in [2.24, 2.45) is 0 Å². The maximum atomic E-state index is 13.2. The first kappa shape index (κ1) is 20.6. The third kappa shape index (κ3) is 3.86. The molecule has 164 valence electrons. The van der Waals surface area contributed by atoms with E-state index in [0.29, 0.717) is 27.9 Å². The van der Waals surface area contributed by atoms with Gasteiger partial charge in [-0.15, -0.1) is 5.10 Å². The molecular formula is C23H15F3N6O. The van der Waals surface area contributed by atoms with Crippen LogP contribution in [0.1, 0.15) is 21.9 Å². The Morgan fingerprint density at radius 3 is 2.42 bits per heavy atom. The van der Waals surface area contributed by atoms with E-state index in [1.807, 2.05) is 42.5 Å². The highest BCUT2D eigenvalue weighted by molar-refractivity contribution is 6.12. The Labute approximate surface area is 184 Å². The molecule has 0 aliphatic rings. The minimum absolute atomic E-state index is 0.0632. The molecule has 7 nitrogen and oxygen atoms in total. The molecule has 3 aromatic heterocycles. The van der Waals surface area contributed by atoms with Crippen molar-refractivity contribution in [2.75, 3.05) is 5.32 Å². The number of hydrogen-bond acceptors (Lipinski definition) is 5. The second-order valence-corrected chi connectivity index (χ2v) is 7.32. The number of alkyl halides is 3. The number of carbonyl (C=O) groups excluding carboxylic acids is 1. The van der Waals surface area contributed by atoms with Crippen molar-refractivity contribution in [3.63, 3.8) is 0 Å². The molecule has 0 spiro atoms. The van der Waals surface area contributed by atoms with Crippen molar-refractivity contribution in [2.45, 2.75) is 13.1 Å². The second-order valence-electron chi connectivity index (χ2n) is 7.32. The Morgan fingerprint density at radius 1 is 0.939 bits per heavy atom. The van der Waals surface area contributed by atoms with E-state index in [-0.39, 0.29) is 11.6 Å². The zero-order valence-electron chi connectivity index (χ0n) is 17.1. The SMILES string of the molecule is Cc1cc(NC(=O)c2cc(-c3ccccc3)nc3ccccc23)nc2nc(C(F)(F)F)nn12. The van der Waals surface area contributed by atoms with Crippen molar-refractivity contribution in [1.82, 2.24) is 24.6 Å². The molecule has 5 aromatic rings. The smallest absolute Gasteiger partial charge is 0.306 e. The van der Waals surface area contributed by atoms with Crippen LogP contribution in [0.25, 0.3) is 27.9 Å². The van der Waals surface area contributed by atoms with Crippen LogP contribution in [-0.2, 0) is 6.18 Å². The predicted molar refractivity (Wildman–Crippen MR) is 116 cm³/mol. The molecule has 2 aromatic carbocycles. The predicted octanol–water partition coefficient (Wildman–Crippen LogP) is 4.92. The average molecular weight is 448 g/mol. The lowest BCUT2D eigenvalue weighted by Crippen LogP contribution is -2.15. The molecule has 0 fully saturated rings. The molecule has 1 amide bonds. The lowest BCUT2D eigenvalue weighted by Gasteiger charge is -2.11. The highest BCUT2D eigenvalue weighted by atomic mass is 19.4. The topological polar surface area (TPSA) is 85.1 Å². The molecular weight excluding hydrogens is 433 g/mol. The number of halogens is 3. The summed E-state index contributed by atoms with van der Waals surface area (Å²) in [5, 5.41) is 6.75. The van der Waals surface area contributed by atoms with Gasteiger partial charge in [-0.3, -0.25) is 4.79 Å². The van der Waals surface area contributed by atoms with Gasteiger partial charge in [0.1, 0.15) is 5.82 Å². The quantitative estimate of drug-likeness (QED) is 0.424. The fourth-order valence-electron chi connectivity index (χ4n) is 3.50. The average Bonchev–Trinajstić information content (AvgIpc) is 3.24. The van der Waals surface area contributed by atoms with E-state index in [1.54, 1.807) is 25.1 Å². The first-order valence-electron chi connectivity index (χ1n) is 9.88. The minimum atomic E-state index is -4.70. The third-order valence-electron chi connectivity index (χ3n) is 5.02. The Balaban J connectivity index is 1.56. The molecule has 10 heteroatoms. The molecule has 0 saturated carbocycles. The maximum Gasteiger partial charge on any atom is 0.453 e. The van der Waals surface area contributed by atoms with Gasteiger partial charge in [0, 0.05) is 22.7 Å². The van der Waals surface area contributed by atoms with Gasteiger partial charge >= 0.3 is 6.18 Å². The van der Waals surface area contributed by atoms with E-state index in [9.17, 15) is 18.0 Å². The molecule has 0 aliphatic heterocycles. The molecule has 0 radical (unpaired) electrons. The van der Waals surface area contributed by atoms with Gasteiger partial charge < -0.3 is 5.32 Å². The first-order valence-corrected chi connectivity index (χ1v) is 9.88. The van der Waals surface area contributed by atoms with Gasteiger partial charge in [0.05, 0.1) is 16.8 Å². The van der Waals surface area contributed by atoms with E-state index >= 15 is 0 Å². The monoisotopic (exact) mass is 448 g/mol. The Bertz CT molecular complexity index is 1510. The lowest BCUT2D eigenvalue weighted by atomic mass is 10.0. The van der Waals surface area contributed by atoms with Crippen LogP contribution < -0.4 is 5.32 Å². The molecule has 0 bridgehead atoms. The van der Waals surface area contributed by atoms with Crippen LogP contribution in [0.15, 0.2) is 66.7 Å². The minimum Gasteiger partial charge on any atom is -0.306 e. The van der Waals surface area contributed by atoms with Gasteiger partial charge in [-0.2, -0.15) is 23.1 Å². The zero-order chi connectivity index (χ0) is 23.2. The summed E-state index contributed by atoms with van der Waals surface area (Å²) in [6.07, 6.45) is -4.70. The molecule has 5 rings (SSSR count). The van der Waals surface area contributed by atoms with Crippen molar-refractivity contribution in [1.29, 1.82) is 0 Å². The third-order valence-corrected chi connectivity index (χ3v) is 5.02. The van der Waals surface area contributed by atoms with Crippen LogP contribution in [0.2, 0.25) is 0 Å². The van der Waals surface area contributed by atoms with Gasteiger partial charge in [0.2, 0.25) is 0 Å². The number of aryl methyl sites for hydroxylation is 1. The number of nitrogens with one attached hydrogen (secondary N) is 1. The number of amides is 1. The highest BCUT2D eigenvalue weighted by Crippen LogP contribution is 2.28. The number of nitrogens with zero attached hydrogens (tertiary/aromatic N) is 5. The summed E-state index contributed by atoms with van der Waals surface area (Å²) in [7, 11) is 0. The zero-order valence-corrected chi connectivity index (χ0v) is 17.1. The Morgan fingerprint density at radius 2 is 1.67 bits per heavy atom. The van der Waals surface area contributed by atoms with Crippen molar-refractivity contribution in [3.8, 4) is 11.3 Å². The molecule has 0 unspecified atom stereocenters. The fraction of sp³-hybridized carbons (Fsp3) is 0.0870. The second kappa shape index (κ2) is 7.66. The number of aromatic nitrogens is 5. The Kier molecular flexibility index (Phi) is 4.77. The van der Waals surface area contributed by atoms with Crippen LogP contribution in [0.5, 0.6) is 0 Å². The van der Waals surface area contributed by atoms with Crippen LogP contribution in [-0.4, -0.2) is 30.5 Å². The van der Waals surface area contributed by atoms with Gasteiger partial charge in [-0.1, -0.05) is 48.5 Å². The van der Waals surface area contributed by atoms with Crippen molar-refractivity contribution in [3.05, 3.63) is 83.8 Å². The van der Waals surface area contributed by atoms with Gasteiger partial charge in [0.25, 0.3) is 17.5 Å². The summed E-state index contributed by atoms with van der Waals surface area (Å²) in [6, 6.07) is 19.7. The normalized spacial score (nSPS) is 11.8. The van der Waals surface area contributed by atoms with Crippen molar-refractivity contribution < 1.29 is 18.0 Å². The molecule has 33 heavy (non-hydrogen) atoms. The molecule has 0 atom stereocenters. The molecule has 0 saturated heterocycles. The molecule has 0 aliphatic carbocycles. The molecule has 1 N–H and O–H groups in total. The fourth-order valence-corrected chi connectivity index (χ4v) is 3.50. The summed E-state index contributed by atoms with van der Waals surface area (Å²) >= 11 is 0. The summed E-state index contributed by atoms with van der Waals surface area (Å²) < 4.78 is 39.9. The summed E-state index contributed by atoms with van der Waals surface area (Å²) in [5.74, 6) is -1.97. The number of rotatable bonds is 3. The van der Waals surface area contributed by atoms with E-state index in [0.717, 1.165) is 10.1 Å². The molecule has 3 heterocycles. The number of anilines is 1. The standard InChI is InChI=1S/C23H15F3N6O/c1-13-11-19(29-22-30-21(23(24,25)26)31-32(13)22)28-20(33)16-12-18(14-7-3-2-4-8-14)27-17-10-6-5-9-15(16)17/h2-12H,1H3,(H,28,29,30,31,33). The largest absolute Gasteiger partial charge is 0.453 e. The number of benzene rings is 2.